The van der Waals surface area contributed by atoms with Gasteiger partial charge in [-0.3, -0.25) is 0 Å². The van der Waals surface area contributed by atoms with Gasteiger partial charge in [0.15, 0.2) is 4.34 Å². The molecule has 0 aliphatic rings. The van der Waals surface area contributed by atoms with Crippen LogP contribution in [0.15, 0.2) is 27.3 Å². The smallest absolute Gasteiger partial charge is 0.180 e. The second-order valence-electron chi connectivity index (χ2n) is 2.09. The Morgan fingerprint density at radius 1 is 1.38 bits per heavy atom. The summed E-state index contributed by atoms with van der Waals surface area (Å²) in [5, 5.41) is 8.37. The number of hydrogen-bond donors (Lipinski definition) is 1. The molecule has 0 radical (unpaired) electrons. The maximum absolute atomic E-state index is 5.49. The zero-order chi connectivity index (χ0) is 9.10. The Balaban J connectivity index is 2.19. The Morgan fingerprint density at radius 2 is 2.31 bits per heavy atom. The fraction of sp³-hybridized carbons (Fsp3) is 0. The quantitative estimate of drug-likeness (QED) is 0.748. The van der Waals surface area contributed by atoms with E-state index in [9.17, 15) is 0 Å². The van der Waals surface area contributed by atoms with Crippen LogP contribution in [0.2, 0.25) is 0 Å². The van der Waals surface area contributed by atoms with Gasteiger partial charge in [-0.15, -0.1) is 10.2 Å². The highest BCUT2D eigenvalue weighted by Gasteiger charge is 2.01. The van der Waals surface area contributed by atoms with Crippen LogP contribution in [-0.4, -0.2) is 20.2 Å². The summed E-state index contributed by atoms with van der Waals surface area (Å²) in [7, 11) is 0. The molecule has 5 nitrogen and oxygen atoms in total. The minimum Gasteiger partial charge on any atom is -0.384 e. The minimum absolute atomic E-state index is 0.460. The van der Waals surface area contributed by atoms with E-state index in [1.807, 2.05) is 0 Å². The van der Waals surface area contributed by atoms with Crippen LogP contribution < -0.4 is 5.73 Å². The molecule has 0 bridgehead atoms. The fourth-order valence-electron chi connectivity index (χ4n) is 0.706. The Kier molecular flexibility index (Phi) is 2.37. The van der Waals surface area contributed by atoms with Crippen molar-refractivity contribution in [1.82, 2.24) is 20.2 Å². The Bertz CT molecular complexity index is 388. The summed E-state index contributed by atoms with van der Waals surface area (Å²) in [6.45, 7) is 0. The van der Waals surface area contributed by atoms with Gasteiger partial charge in [-0.2, -0.15) is 0 Å². The van der Waals surface area contributed by atoms with Crippen molar-refractivity contribution in [2.75, 3.05) is 5.73 Å². The first-order valence-electron chi connectivity index (χ1n) is 3.36. The van der Waals surface area contributed by atoms with Crippen LogP contribution in [0, 0.1) is 0 Å². The monoisotopic (exact) mass is 211 g/mol. The number of nitrogen functional groups attached to an aromatic ring is 1. The molecule has 0 saturated carbocycles. The van der Waals surface area contributed by atoms with Crippen LogP contribution in [0.3, 0.4) is 0 Å². The summed E-state index contributed by atoms with van der Waals surface area (Å²) < 4.78 is 0.845. The highest BCUT2D eigenvalue weighted by Crippen LogP contribution is 2.26. The Labute approximate surface area is 82.4 Å². The van der Waals surface area contributed by atoms with E-state index in [1.165, 1.54) is 29.4 Å². The largest absolute Gasteiger partial charge is 0.384 e. The molecular weight excluding hydrogens is 206 g/mol. The van der Waals surface area contributed by atoms with Crippen molar-refractivity contribution >= 4 is 28.9 Å². The van der Waals surface area contributed by atoms with Crippen molar-refractivity contribution in [2.45, 2.75) is 9.37 Å². The van der Waals surface area contributed by atoms with Crippen LogP contribution in [0.25, 0.3) is 0 Å². The van der Waals surface area contributed by atoms with Gasteiger partial charge >= 0.3 is 0 Å². The molecule has 0 saturated heterocycles. The average Bonchev–Trinajstić information content (AvgIpc) is 2.57. The third kappa shape index (κ3) is 2.13. The molecule has 0 fully saturated rings. The van der Waals surface area contributed by atoms with Crippen molar-refractivity contribution in [1.29, 1.82) is 0 Å². The highest BCUT2D eigenvalue weighted by molar-refractivity contribution is 8.00. The topological polar surface area (TPSA) is 77.6 Å². The lowest BCUT2D eigenvalue weighted by molar-refractivity contribution is 1.00. The van der Waals surface area contributed by atoms with E-state index in [1.54, 1.807) is 11.6 Å². The number of hydrogen-bond acceptors (Lipinski definition) is 7. The molecule has 7 heteroatoms. The molecule has 2 aromatic heterocycles. The summed E-state index contributed by atoms with van der Waals surface area (Å²) in [4.78, 5) is 7.81. The lowest BCUT2D eigenvalue weighted by Crippen LogP contribution is -1.91. The second kappa shape index (κ2) is 3.67. The zero-order valence-corrected chi connectivity index (χ0v) is 8.05. The molecule has 2 aromatic rings. The van der Waals surface area contributed by atoms with E-state index in [0.717, 1.165) is 9.37 Å². The first-order chi connectivity index (χ1) is 6.34. The first kappa shape index (κ1) is 8.39. The molecular formula is C6H5N5S2. The van der Waals surface area contributed by atoms with Gasteiger partial charge in [0.2, 0.25) is 0 Å². The van der Waals surface area contributed by atoms with E-state index in [4.69, 9.17) is 5.73 Å². The van der Waals surface area contributed by atoms with Crippen LogP contribution in [0.5, 0.6) is 0 Å². The number of nitrogens with two attached hydrogens (primary N) is 1. The molecule has 0 spiro atoms. The van der Waals surface area contributed by atoms with Crippen LogP contribution in [0.1, 0.15) is 0 Å². The second-order valence-corrected chi connectivity index (χ2v) is 4.19. The fourth-order valence-corrected chi connectivity index (χ4v) is 2.11. The molecule has 13 heavy (non-hydrogen) atoms. The molecule has 0 aliphatic carbocycles. The van der Waals surface area contributed by atoms with Gasteiger partial charge in [-0.05, 0) is 11.8 Å². The van der Waals surface area contributed by atoms with Crippen molar-refractivity contribution in [2.24, 2.45) is 0 Å². The van der Waals surface area contributed by atoms with E-state index >= 15 is 0 Å². The summed E-state index contributed by atoms with van der Waals surface area (Å²) in [5.41, 5.74) is 7.16. The van der Waals surface area contributed by atoms with Gasteiger partial charge in [0.1, 0.15) is 22.7 Å². The summed E-state index contributed by atoms with van der Waals surface area (Å²) in [6.07, 6.45) is 1.43. The maximum atomic E-state index is 5.49. The lowest BCUT2D eigenvalue weighted by atomic mass is 10.6. The maximum Gasteiger partial charge on any atom is 0.180 e. The molecule has 0 unspecified atom stereocenters. The minimum atomic E-state index is 0.460. The lowest BCUT2D eigenvalue weighted by Gasteiger charge is -1.95. The Morgan fingerprint density at radius 3 is 3.00 bits per heavy atom. The van der Waals surface area contributed by atoms with E-state index in [0.29, 0.717) is 5.82 Å². The molecule has 0 atom stereocenters. The predicted octanol–water partition coefficient (Wildman–Crippen LogP) is 1.06. The van der Waals surface area contributed by atoms with Gasteiger partial charge in [0, 0.05) is 6.07 Å². The summed E-state index contributed by atoms with van der Waals surface area (Å²) >= 11 is 2.89. The van der Waals surface area contributed by atoms with Crippen LogP contribution >= 0.6 is 23.1 Å². The molecule has 2 heterocycles. The normalized spacial score (nSPS) is 10.2. The standard InChI is InChI=1S/C6H5N5S2/c7-4-1-5(9-2-8-4)13-6-11-10-3-12-6/h1-3H,(H2,7,8,9). The molecule has 0 aliphatic heterocycles. The average molecular weight is 211 g/mol. The number of aromatic nitrogens is 4. The Hall–Kier alpha value is -1.21. The third-order valence-corrected chi connectivity index (χ3v) is 2.91. The van der Waals surface area contributed by atoms with E-state index in [2.05, 4.69) is 20.2 Å². The van der Waals surface area contributed by atoms with Gasteiger partial charge < -0.3 is 5.73 Å². The van der Waals surface area contributed by atoms with Crippen molar-refractivity contribution in [3.8, 4) is 0 Å². The van der Waals surface area contributed by atoms with Crippen LogP contribution in [0.4, 0.5) is 5.82 Å². The SMILES string of the molecule is Nc1cc(Sc2nncs2)ncn1. The number of rotatable bonds is 2. The highest BCUT2D eigenvalue weighted by atomic mass is 32.2. The van der Waals surface area contributed by atoms with Crippen LogP contribution in [-0.2, 0) is 0 Å². The van der Waals surface area contributed by atoms with E-state index < -0.39 is 0 Å². The summed E-state index contributed by atoms with van der Waals surface area (Å²) in [5.74, 6) is 0.460. The van der Waals surface area contributed by atoms with Crippen molar-refractivity contribution in [3.63, 3.8) is 0 Å². The molecule has 0 aromatic carbocycles. The van der Waals surface area contributed by atoms with Gasteiger partial charge in [-0.1, -0.05) is 11.3 Å². The first-order valence-corrected chi connectivity index (χ1v) is 5.06. The van der Waals surface area contributed by atoms with E-state index in [-0.39, 0.29) is 0 Å². The zero-order valence-electron chi connectivity index (χ0n) is 6.41. The van der Waals surface area contributed by atoms with Gasteiger partial charge in [0.05, 0.1) is 0 Å². The molecule has 66 valence electrons. The summed E-state index contributed by atoms with van der Waals surface area (Å²) in [6, 6.07) is 1.70. The van der Waals surface area contributed by atoms with Gasteiger partial charge in [-0.25, -0.2) is 9.97 Å². The molecule has 2 rings (SSSR count). The van der Waals surface area contributed by atoms with Gasteiger partial charge in [0.25, 0.3) is 0 Å². The third-order valence-electron chi connectivity index (χ3n) is 1.20. The molecule has 2 N–H and O–H groups in total. The molecule has 0 amide bonds. The predicted molar refractivity (Wildman–Crippen MR) is 50.5 cm³/mol. The number of anilines is 1. The number of nitrogens with zero attached hydrogens (tertiary/aromatic N) is 4. The van der Waals surface area contributed by atoms with Crippen molar-refractivity contribution < 1.29 is 0 Å². The van der Waals surface area contributed by atoms with Crippen molar-refractivity contribution in [3.05, 3.63) is 17.9 Å².